The number of pyridine rings is 1. The number of allylic oxidation sites excluding steroid dienone is 2. The predicted molar refractivity (Wildman–Crippen MR) is 84.2 cm³/mol. The third kappa shape index (κ3) is 2.80. The number of hydrogen-bond donors (Lipinski definition) is 4. The van der Waals surface area contributed by atoms with Crippen molar-refractivity contribution in [2.45, 2.75) is 6.92 Å². The lowest BCUT2D eigenvalue weighted by Crippen LogP contribution is -2.21. The fourth-order valence-electron chi connectivity index (χ4n) is 1.95. The summed E-state index contributed by atoms with van der Waals surface area (Å²) < 4.78 is 0. The number of H-pyrrole nitrogens is 1. The van der Waals surface area contributed by atoms with E-state index in [0.717, 1.165) is 34.4 Å². The first kappa shape index (κ1) is 13.7. The van der Waals surface area contributed by atoms with Gasteiger partial charge in [-0.3, -0.25) is 0 Å². The molecule has 0 saturated heterocycles. The molecular weight excluding hydrogens is 252 g/mol. The van der Waals surface area contributed by atoms with Crippen LogP contribution in [0, 0.1) is 0 Å². The number of aromatic amines is 1. The molecule has 2 aromatic heterocycles. The third-order valence-electron chi connectivity index (χ3n) is 2.79. The van der Waals surface area contributed by atoms with E-state index < -0.39 is 0 Å². The number of hydrogen-bond acceptors (Lipinski definition) is 3. The molecule has 0 bridgehead atoms. The molecule has 0 amide bonds. The summed E-state index contributed by atoms with van der Waals surface area (Å²) in [5, 5.41) is 4.32. The number of nitrogens with two attached hydrogens (primary N) is 2. The van der Waals surface area contributed by atoms with Gasteiger partial charge in [0.2, 0.25) is 0 Å². The molecule has 6 heteroatoms. The monoisotopic (exact) mass is 270 g/mol. The number of nitrogens with one attached hydrogen (secondary N) is 2. The van der Waals surface area contributed by atoms with E-state index in [0.29, 0.717) is 0 Å². The minimum absolute atomic E-state index is 0.0167. The molecule has 0 spiro atoms. The second-order valence-corrected chi connectivity index (χ2v) is 4.21. The van der Waals surface area contributed by atoms with Gasteiger partial charge in [0.15, 0.2) is 5.96 Å². The van der Waals surface area contributed by atoms with Crippen molar-refractivity contribution in [3.8, 4) is 0 Å². The van der Waals surface area contributed by atoms with E-state index in [-0.39, 0.29) is 5.96 Å². The molecule has 2 aromatic rings. The van der Waals surface area contributed by atoms with E-state index in [2.05, 4.69) is 26.9 Å². The molecule has 0 aliphatic heterocycles. The second-order valence-electron chi connectivity index (χ2n) is 4.21. The minimum atomic E-state index is 0.0167. The molecule has 0 radical (unpaired) electrons. The molecule has 0 aliphatic rings. The highest BCUT2D eigenvalue weighted by Gasteiger charge is 2.10. The molecule has 0 aliphatic carbocycles. The molecule has 0 saturated carbocycles. The summed E-state index contributed by atoms with van der Waals surface area (Å²) in [4.78, 5) is 11.2. The fraction of sp³-hybridized carbons (Fsp3) is 0.143. The molecular formula is C14H18N6. The van der Waals surface area contributed by atoms with Gasteiger partial charge in [-0.25, -0.2) is 9.98 Å². The smallest absolute Gasteiger partial charge is 0.190 e. The number of fused-ring (bicyclic) bond motifs is 1. The van der Waals surface area contributed by atoms with E-state index in [4.69, 9.17) is 11.5 Å². The van der Waals surface area contributed by atoms with E-state index in [1.807, 2.05) is 19.2 Å². The summed E-state index contributed by atoms with van der Waals surface area (Å²) in [6.45, 7) is 6.91. The van der Waals surface area contributed by atoms with Gasteiger partial charge in [0.05, 0.1) is 0 Å². The SMILES string of the molecule is C=C(/C=C\N=C(N)N)c1c[nH]c2nccc(NCC)c12. The van der Waals surface area contributed by atoms with Crippen LogP contribution < -0.4 is 16.8 Å². The van der Waals surface area contributed by atoms with Crippen molar-refractivity contribution in [1.82, 2.24) is 9.97 Å². The van der Waals surface area contributed by atoms with Crippen molar-refractivity contribution in [2.75, 3.05) is 11.9 Å². The van der Waals surface area contributed by atoms with Crippen LogP contribution in [0.4, 0.5) is 5.69 Å². The van der Waals surface area contributed by atoms with Crippen LogP contribution in [0.5, 0.6) is 0 Å². The zero-order chi connectivity index (χ0) is 14.5. The van der Waals surface area contributed by atoms with Crippen LogP contribution in [0.25, 0.3) is 16.6 Å². The van der Waals surface area contributed by atoms with Gasteiger partial charge in [0.1, 0.15) is 5.65 Å². The Bertz CT molecular complexity index is 676. The highest BCUT2D eigenvalue weighted by atomic mass is 15.0. The molecule has 20 heavy (non-hydrogen) atoms. The molecule has 0 atom stereocenters. The van der Waals surface area contributed by atoms with Crippen LogP contribution in [0.2, 0.25) is 0 Å². The Morgan fingerprint density at radius 3 is 3.05 bits per heavy atom. The summed E-state index contributed by atoms with van der Waals surface area (Å²) in [7, 11) is 0. The Morgan fingerprint density at radius 2 is 2.35 bits per heavy atom. The zero-order valence-corrected chi connectivity index (χ0v) is 11.4. The molecule has 0 fully saturated rings. The predicted octanol–water partition coefficient (Wildman–Crippen LogP) is 1.79. The van der Waals surface area contributed by atoms with Gasteiger partial charge in [-0.1, -0.05) is 6.58 Å². The molecule has 2 heterocycles. The average Bonchev–Trinajstić information content (AvgIpc) is 2.83. The molecule has 6 N–H and O–H groups in total. The Morgan fingerprint density at radius 1 is 1.55 bits per heavy atom. The lowest BCUT2D eigenvalue weighted by Gasteiger charge is -2.06. The molecule has 0 unspecified atom stereocenters. The van der Waals surface area contributed by atoms with Gasteiger partial charge in [0, 0.05) is 41.8 Å². The highest BCUT2D eigenvalue weighted by Crippen LogP contribution is 2.29. The fourth-order valence-corrected chi connectivity index (χ4v) is 1.95. The highest BCUT2D eigenvalue weighted by molar-refractivity contribution is 6.00. The molecule has 0 aromatic carbocycles. The Kier molecular flexibility index (Phi) is 4.05. The first-order valence-electron chi connectivity index (χ1n) is 6.28. The lowest BCUT2D eigenvalue weighted by atomic mass is 10.1. The van der Waals surface area contributed by atoms with Gasteiger partial charge >= 0.3 is 0 Å². The van der Waals surface area contributed by atoms with Crippen molar-refractivity contribution in [3.63, 3.8) is 0 Å². The van der Waals surface area contributed by atoms with Crippen LogP contribution in [-0.2, 0) is 0 Å². The number of rotatable bonds is 5. The van der Waals surface area contributed by atoms with Gasteiger partial charge in [-0.2, -0.15) is 0 Å². The first-order valence-corrected chi connectivity index (χ1v) is 6.28. The van der Waals surface area contributed by atoms with E-state index in [1.54, 1.807) is 12.3 Å². The second kappa shape index (κ2) is 5.92. The molecule has 6 nitrogen and oxygen atoms in total. The van der Waals surface area contributed by atoms with E-state index in [9.17, 15) is 0 Å². The zero-order valence-electron chi connectivity index (χ0n) is 11.4. The Hall–Kier alpha value is -2.76. The maximum atomic E-state index is 5.27. The first-order chi connectivity index (χ1) is 9.63. The largest absolute Gasteiger partial charge is 0.385 e. The third-order valence-corrected chi connectivity index (χ3v) is 2.79. The van der Waals surface area contributed by atoms with Crippen LogP contribution in [-0.4, -0.2) is 22.5 Å². The summed E-state index contributed by atoms with van der Waals surface area (Å²) in [6, 6.07) is 1.94. The Balaban J connectivity index is 2.42. The van der Waals surface area contributed by atoms with Crippen molar-refractivity contribution < 1.29 is 0 Å². The van der Waals surface area contributed by atoms with Gasteiger partial charge in [0.25, 0.3) is 0 Å². The summed E-state index contributed by atoms with van der Waals surface area (Å²) in [5.41, 5.74) is 14.1. The van der Waals surface area contributed by atoms with Crippen molar-refractivity contribution in [1.29, 1.82) is 0 Å². The van der Waals surface area contributed by atoms with Crippen LogP contribution in [0.15, 0.2) is 42.3 Å². The van der Waals surface area contributed by atoms with Crippen LogP contribution >= 0.6 is 0 Å². The number of aliphatic imine (C=N–C) groups is 1. The Labute approximate surface area is 117 Å². The summed E-state index contributed by atoms with van der Waals surface area (Å²) >= 11 is 0. The average molecular weight is 270 g/mol. The quantitative estimate of drug-likeness (QED) is 0.377. The number of guanidine groups is 1. The normalized spacial score (nSPS) is 10.8. The van der Waals surface area contributed by atoms with Crippen molar-refractivity contribution in [2.24, 2.45) is 16.5 Å². The van der Waals surface area contributed by atoms with Crippen molar-refractivity contribution in [3.05, 3.63) is 42.9 Å². The van der Waals surface area contributed by atoms with E-state index in [1.165, 1.54) is 6.20 Å². The van der Waals surface area contributed by atoms with Gasteiger partial charge in [-0.05, 0) is 24.6 Å². The van der Waals surface area contributed by atoms with E-state index >= 15 is 0 Å². The summed E-state index contributed by atoms with van der Waals surface area (Å²) in [5.74, 6) is 0.0167. The maximum absolute atomic E-state index is 5.27. The summed E-state index contributed by atoms with van der Waals surface area (Å²) in [6.07, 6.45) is 6.92. The maximum Gasteiger partial charge on any atom is 0.190 e. The number of anilines is 1. The molecule has 104 valence electrons. The van der Waals surface area contributed by atoms with Crippen LogP contribution in [0.1, 0.15) is 12.5 Å². The lowest BCUT2D eigenvalue weighted by molar-refractivity contribution is 1.21. The number of nitrogens with zero attached hydrogens (tertiary/aromatic N) is 2. The van der Waals surface area contributed by atoms with Gasteiger partial charge in [-0.15, -0.1) is 0 Å². The standard InChI is InChI=1S/C14H18N6/c1-3-17-11-5-7-18-13-12(11)10(8-20-13)9(2)4-6-19-14(15)16/h4-8H,2-3H2,1H3,(H4,15,16,19)(H2,17,18,20)/b6-4-. The van der Waals surface area contributed by atoms with Crippen molar-refractivity contribution >= 4 is 28.3 Å². The van der Waals surface area contributed by atoms with Gasteiger partial charge < -0.3 is 21.8 Å². The molecule has 2 rings (SSSR count). The number of aromatic nitrogens is 2. The topological polar surface area (TPSA) is 105 Å². The minimum Gasteiger partial charge on any atom is -0.385 e. The van der Waals surface area contributed by atoms with Crippen LogP contribution in [0.3, 0.4) is 0 Å².